The molecule has 0 saturated carbocycles. The van der Waals surface area contributed by atoms with Crippen molar-refractivity contribution in [3.05, 3.63) is 0 Å². The lowest BCUT2D eigenvalue weighted by molar-refractivity contribution is -0.133. The Bertz CT molecular complexity index is 494. The second-order valence-electron chi connectivity index (χ2n) is 7.65. The predicted octanol–water partition coefficient (Wildman–Crippen LogP) is 0.491. The smallest absolute Gasteiger partial charge is 0.243 e. The van der Waals surface area contributed by atoms with Crippen LogP contribution in [0.1, 0.15) is 60.3 Å². The fourth-order valence-corrected chi connectivity index (χ4v) is 2.69. The summed E-state index contributed by atoms with van der Waals surface area (Å²) < 4.78 is 0. The van der Waals surface area contributed by atoms with E-state index >= 15 is 0 Å². The average molecular weight is 385 g/mol. The van der Waals surface area contributed by atoms with Gasteiger partial charge in [0.1, 0.15) is 18.4 Å². The molecule has 156 valence electrons. The van der Waals surface area contributed by atoms with Crippen molar-refractivity contribution in [1.29, 1.82) is 0 Å². The highest BCUT2D eigenvalue weighted by Crippen LogP contribution is 2.09. The Morgan fingerprint density at radius 1 is 0.963 bits per heavy atom. The molecule has 0 aliphatic carbocycles. The van der Waals surface area contributed by atoms with Crippen molar-refractivity contribution in [3.8, 4) is 0 Å². The third-order valence-corrected chi connectivity index (χ3v) is 4.11. The standard InChI is InChI=1S/C19H36N4O4/c1-12(2)10-16(21-14(5)25)18(26)23-17(13(3)4)19(27)22-15(11-24)8-6-7-9-20/h11-13,15-17H,6-10,20H2,1-5H3,(H,21,25)(H,22,27)(H,23,26)/t15?,16-,17-/m0/s1. The van der Waals surface area contributed by atoms with Gasteiger partial charge in [0.25, 0.3) is 0 Å². The summed E-state index contributed by atoms with van der Waals surface area (Å²) in [5.74, 6) is -1.10. The molecular formula is C19H36N4O4. The summed E-state index contributed by atoms with van der Waals surface area (Å²) in [6, 6.07) is -2.11. The molecule has 0 saturated heterocycles. The van der Waals surface area contributed by atoms with E-state index in [1.807, 2.05) is 27.7 Å². The maximum absolute atomic E-state index is 12.6. The summed E-state index contributed by atoms with van der Waals surface area (Å²) in [5, 5.41) is 8.03. The molecule has 0 spiro atoms. The van der Waals surface area contributed by atoms with E-state index in [9.17, 15) is 19.2 Å². The Morgan fingerprint density at radius 3 is 2.04 bits per heavy atom. The number of aldehydes is 1. The van der Waals surface area contributed by atoms with Gasteiger partial charge in [-0.05, 0) is 44.1 Å². The van der Waals surface area contributed by atoms with Gasteiger partial charge in [-0.15, -0.1) is 0 Å². The van der Waals surface area contributed by atoms with E-state index in [1.54, 1.807) is 0 Å². The summed E-state index contributed by atoms with van der Waals surface area (Å²) in [4.78, 5) is 47.8. The van der Waals surface area contributed by atoms with Crippen LogP contribution in [0.25, 0.3) is 0 Å². The third-order valence-electron chi connectivity index (χ3n) is 4.11. The zero-order valence-electron chi connectivity index (χ0n) is 17.2. The van der Waals surface area contributed by atoms with E-state index in [2.05, 4.69) is 16.0 Å². The SMILES string of the molecule is CC(=O)N[C@@H](CC(C)C)C(=O)N[C@H](C(=O)NC(C=O)CCCCN)C(C)C. The Balaban J connectivity index is 5.02. The van der Waals surface area contributed by atoms with Gasteiger partial charge < -0.3 is 26.5 Å². The second-order valence-corrected chi connectivity index (χ2v) is 7.65. The summed E-state index contributed by atoms with van der Waals surface area (Å²) in [6.45, 7) is 9.40. The number of unbranched alkanes of at least 4 members (excludes halogenated alkanes) is 1. The van der Waals surface area contributed by atoms with Crippen molar-refractivity contribution in [2.75, 3.05) is 6.54 Å². The van der Waals surface area contributed by atoms with Gasteiger partial charge in [0.05, 0.1) is 6.04 Å². The van der Waals surface area contributed by atoms with Gasteiger partial charge in [0, 0.05) is 6.92 Å². The molecule has 0 aromatic rings. The van der Waals surface area contributed by atoms with E-state index in [0.717, 1.165) is 12.8 Å². The molecule has 8 heteroatoms. The fourth-order valence-electron chi connectivity index (χ4n) is 2.69. The van der Waals surface area contributed by atoms with Gasteiger partial charge >= 0.3 is 0 Å². The molecule has 0 aliphatic rings. The zero-order valence-corrected chi connectivity index (χ0v) is 17.2. The van der Waals surface area contributed by atoms with Crippen molar-refractivity contribution < 1.29 is 19.2 Å². The topological polar surface area (TPSA) is 130 Å². The second kappa shape index (κ2) is 13.2. The molecule has 0 aromatic carbocycles. The van der Waals surface area contributed by atoms with Crippen LogP contribution in [0.2, 0.25) is 0 Å². The molecule has 8 nitrogen and oxygen atoms in total. The van der Waals surface area contributed by atoms with E-state index in [4.69, 9.17) is 5.73 Å². The molecule has 0 fully saturated rings. The first-order valence-corrected chi connectivity index (χ1v) is 9.65. The number of carbonyl (C=O) groups is 4. The maximum Gasteiger partial charge on any atom is 0.243 e. The molecule has 0 radical (unpaired) electrons. The molecule has 0 aliphatic heterocycles. The van der Waals surface area contributed by atoms with Crippen LogP contribution in [0.15, 0.2) is 0 Å². The van der Waals surface area contributed by atoms with Crippen LogP contribution >= 0.6 is 0 Å². The third kappa shape index (κ3) is 10.7. The van der Waals surface area contributed by atoms with Crippen LogP contribution < -0.4 is 21.7 Å². The predicted molar refractivity (Wildman–Crippen MR) is 105 cm³/mol. The van der Waals surface area contributed by atoms with Crippen molar-refractivity contribution in [2.45, 2.75) is 78.4 Å². The summed E-state index contributed by atoms with van der Waals surface area (Å²) in [6.07, 6.45) is 3.18. The molecule has 5 N–H and O–H groups in total. The van der Waals surface area contributed by atoms with Crippen LogP contribution in [0, 0.1) is 11.8 Å². The highest BCUT2D eigenvalue weighted by atomic mass is 16.2. The first-order chi connectivity index (χ1) is 12.6. The van der Waals surface area contributed by atoms with Gasteiger partial charge in [-0.3, -0.25) is 14.4 Å². The minimum absolute atomic E-state index is 0.178. The largest absolute Gasteiger partial charge is 0.345 e. The van der Waals surface area contributed by atoms with Gasteiger partial charge in [0.2, 0.25) is 17.7 Å². The van der Waals surface area contributed by atoms with Crippen LogP contribution in [0.5, 0.6) is 0 Å². The minimum Gasteiger partial charge on any atom is -0.345 e. The van der Waals surface area contributed by atoms with Crippen molar-refractivity contribution in [1.82, 2.24) is 16.0 Å². The molecular weight excluding hydrogens is 348 g/mol. The van der Waals surface area contributed by atoms with Gasteiger partial charge in [-0.1, -0.05) is 27.7 Å². The Kier molecular flexibility index (Phi) is 12.3. The number of rotatable bonds is 13. The van der Waals surface area contributed by atoms with E-state index < -0.39 is 29.9 Å². The van der Waals surface area contributed by atoms with E-state index in [0.29, 0.717) is 25.7 Å². The van der Waals surface area contributed by atoms with E-state index in [-0.39, 0.29) is 17.7 Å². The van der Waals surface area contributed by atoms with Crippen molar-refractivity contribution in [2.24, 2.45) is 17.6 Å². The maximum atomic E-state index is 12.6. The van der Waals surface area contributed by atoms with Crippen LogP contribution in [0.3, 0.4) is 0 Å². The normalized spacial score (nSPS) is 14.4. The number of nitrogens with one attached hydrogen (secondary N) is 3. The summed E-state index contributed by atoms with van der Waals surface area (Å²) in [5.41, 5.74) is 5.44. The number of hydrogen-bond donors (Lipinski definition) is 4. The highest BCUT2D eigenvalue weighted by Gasteiger charge is 2.29. The molecule has 0 aromatic heterocycles. The van der Waals surface area contributed by atoms with Crippen molar-refractivity contribution in [3.63, 3.8) is 0 Å². The Labute approximate surface area is 162 Å². The lowest BCUT2D eigenvalue weighted by Gasteiger charge is -2.26. The number of amides is 3. The first kappa shape index (κ1) is 25.0. The first-order valence-electron chi connectivity index (χ1n) is 9.65. The molecule has 0 heterocycles. The average Bonchev–Trinajstić information content (AvgIpc) is 2.56. The zero-order chi connectivity index (χ0) is 21.0. The molecule has 0 bridgehead atoms. The molecule has 3 amide bonds. The monoisotopic (exact) mass is 384 g/mol. The minimum atomic E-state index is -0.794. The number of nitrogens with two attached hydrogens (primary N) is 1. The lowest BCUT2D eigenvalue weighted by atomic mass is 9.99. The highest BCUT2D eigenvalue weighted by molar-refractivity contribution is 5.92. The van der Waals surface area contributed by atoms with Crippen molar-refractivity contribution >= 4 is 24.0 Å². The number of hydrogen-bond acceptors (Lipinski definition) is 5. The van der Waals surface area contributed by atoms with E-state index in [1.165, 1.54) is 6.92 Å². The van der Waals surface area contributed by atoms with Gasteiger partial charge in [0.15, 0.2) is 0 Å². The summed E-state index contributed by atoms with van der Waals surface area (Å²) >= 11 is 0. The number of carbonyl (C=O) groups excluding carboxylic acids is 4. The molecule has 0 rings (SSSR count). The molecule has 27 heavy (non-hydrogen) atoms. The Morgan fingerprint density at radius 2 is 1.59 bits per heavy atom. The van der Waals surface area contributed by atoms with Crippen LogP contribution in [-0.2, 0) is 19.2 Å². The van der Waals surface area contributed by atoms with Crippen LogP contribution in [0.4, 0.5) is 0 Å². The quantitative estimate of drug-likeness (QED) is 0.271. The Hall–Kier alpha value is -1.96. The van der Waals surface area contributed by atoms with Crippen LogP contribution in [-0.4, -0.2) is 48.7 Å². The van der Waals surface area contributed by atoms with Gasteiger partial charge in [-0.25, -0.2) is 0 Å². The molecule has 1 unspecified atom stereocenters. The summed E-state index contributed by atoms with van der Waals surface area (Å²) in [7, 11) is 0. The lowest BCUT2D eigenvalue weighted by Crippen LogP contribution is -2.56. The molecule has 3 atom stereocenters. The van der Waals surface area contributed by atoms with Gasteiger partial charge in [-0.2, -0.15) is 0 Å². The fraction of sp³-hybridized carbons (Fsp3) is 0.789.